The molecule has 0 bridgehead atoms. The Hall–Kier alpha value is -1.55. The molecule has 1 atom stereocenters. The number of para-hydroxylation sites is 1. The lowest BCUT2D eigenvalue weighted by Crippen LogP contribution is -2.30. The maximum atomic E-state index is 12.4. The van der Waals surface area contributed by atoms with E-state index in [9.17, 15) is 9.90 Å². The van der Waals surface area contributed by atoms with E-state index in [1.54, 1.807) is 4.90 Å². The molecule has 0 saturated carbocycles. The summed E-state index contributed by atoms with van der Waals surface area (Å²) in [6.45, 7) is 5.16. The first kappa shape index (κ1) is 12.9. The molecule has 4 nitrogen and oxygen atoms in total. The van der Waals surface area contributed by atoms with Crippen molar-refractivity contribution in [2.45, 2.75) is 32.4 Å². The van der Waals surface area contributed by atoms with Crippen LogP contribution < -0.4 is 5.32 Å². The van der Waals surface area contributed by atoms with Crippen molar-refractivity contribution in [2.75, 3.05) is 18.4 Å². The summed E-state index contributed by atoms with van der Waals surface area (Å²) in [5.74, 6) is -0.00435. The van der Waals surface area contributed by atoms with Gasteiger partial charge in [-0.3, -0.25) is 4.79 Å². The first-order valence-corrected chi connectivity index (χ1v) is 6.41. The van der Waals surface area contributed by atoms with Crippen LogP contribution in [-0.4, -0.2) is 41.1 Å². The van der Waals surface area contributed by atoms with E-state index < -0.39 is 0 Å². The SMILES string of the molecule is CC(C)Nc1ccccc1C(=O)N1CC[C@H](O)C1. The molecule has 2 rings (SSSR count). The summed E-state index contributed by atoms with van der Waals surface area (Å²) in [4.78, 5) is 14.1. The van der Waals surface area contributed by atoms with Gasteiger partial charge in [0.25, 0.3) is 5.91 Å². The number of aliphatic hydroxyl groups is 1. The fourth-order valence-corrected chi connectivity index (χ4v) is 2.20. The van der Waals surface area contributed by atoms with Gasteiger partial charge in [0.1, 0.15) is 0 Å². The van der Waals surface area contributed by atoms with Crippen LogP contribution in [-0.2, 0) is 0 Å². The average molecular weight is 248 g/mol. The van der Waals surface area contributed by atoms with Gasteiger partial charge in [-0.15, -0.1) is 0 Å². The number of β-amino-alcohol motifs (C(OH)–C–C–N with tert-alkyl or cyclic N) is 1. The van der Waals surface area contributed by atoms with Crippen LogP contribution in [0, 0.1) is 0 Å². The van der Waals surface area contributed by atoms with Crippen LogP contribution in [0.2, 0.25) is 0 Å². The molecule has 1 amide bonds. The Morgan fingerprint density at radius 3 is 2.78 bits per heavy atom. The average Bonchev–Trinajstić information content (AvgIpc) is 2.75. The Morgan fingerprint density at radius 2 is 2.17 bits per heavy atom. The summed E-state index contributed by atoms with van der Waals surface area (Å²) in [6.07, 6.45) is 0.296. The van der Waals surface area contributed by atoms with Crippen molar-refractivity contribution in [1.82, 2.24) is 4.90 Å². The minimum absolute atomic E-state index is 0.00435. The number of benzene rings is 1. The van der Waals surface area contributed by atoms with Gasteiger partial charge in [0.2, 0.25) is 0 Å². The second-order valence-corrected chi connectivity index (χ2v) is 5.04. The number of amides is 1. The van der Waals surface area contributed by atoms with Gasteiger partial charge in [-0.1, -0.05) is 12.1 Å². The third kappa shape index (κ3) is 2.82. The van der Waals surface area contributed by atoms with E-state index in [1.165, 1.54) is 0 Å². The van der Waals surface area contributed by atoms with Crippen molar-refractivity contribution in [3.05, 3.63) is 29.8 Å². The van der Waals surface area contributed by atoms with E-state index in [-0.39, 0.29) is 18.1 Å². The summed E-state index contributed by atoms with van der Waals surface area (Å²) in [7, 11) is 0. The zero-order valence-electron chi connectivity index (χ0n) is 10.9. The Balaban J connectivity index is 2.19. The number of carbonyl (C=O) groups excluding carboxylic acids is 1. The standard InChI is InChI=1S/C14H20N2O2/c1-10(2)15-13-6-4-3-5-12(13)14(18)16-8-7-11(17)9-16/h3-6,10-11,15,17H,7-9H2,1-2H3/t11-/m0/s1. The van der Waals surface area contributed by atoms with Gasteiger partial charge >= 0.3 is 0 Å². The van der Waals surface area contributed by atoms with Crippen LogP contribution in [0.4, 0.5) is 5.69 Å². The van der Waals surface area contributed by atoms with E-state index >= 15 is 0 Å². The first-order chi connectivity index (χ1) is 8.58. The molecule has 0 unspecified atom stereocenters. The number of carbonyl (C=O) groups is 1. The number of nitrogens with zero attached hydrogens (tertiary/aromatic N) is 1. The largest absolute Gasteiger partial charge is 0.391 e. The molecular weight excluding hydrogens is 228 g/mol. The molecule has 0 radical (unpaired) electrons. The van der Waals surface area contributed by atoms with Gasteiger partial charge < -0.3 is 15.3 Å². The number of anilines is 1. The van der Waals surface area contributed by atoms with Crippen molar-refractivity contribution in [3.63, 3.8) is 0 Å². The van der Waals surface area contributed by atoms with Crippen LogP contribution in [0.1, 0.15) is 30.6 Å². The van der Waals surface area contributed by atoms with Crippen molar-refractivity contribution < 1.29 is 9.90 Å². The van der Waals surface area contributed by atoms with Gasteiger partial charge in [-0.25, -0.2) is 0 Å². The lowest BCUT2D eigenvalue weighted by molar-refractivity contribution is 0.0766. The zero-order chi connectivity index (χ0) is 13.1. The van der Waals surface area contributed by atoms with E-state index in [0.717, 1.165) is 5.69 Å². The highest BCUT2D eigenvalue weighted by molar-refractivity contribution is 5.99. The normalized spacial score (nSPS) is 19.3. The molecule has 1 heterocycles. The predicted octanol–water partition coefficient (Wildman–Crippen LogP) is 1.71. The van der Waals surface area contributed by atoms with Crippen molar-refractivity contribution >= 4 is 11.6 Å². The number of aliphatic hydroxyl groups excluding tert-OH is 1. The molecule has 0 aromatic heterocycles. The van der Waals surface area contributed by atoms with Crippen molar-refractivity contribution in [3.8, 4) is 0 Å². The summed E-state index contributed by atoms with van der Waals surface area (Å²) in [5, 5.41) is 12.8. The Morgan fingerprint density at radius 1 is 1.44 bits per heavy atom. The van der Waals surface area contributed by atoms with Crippen LogP contribution in [0.25, 0.3) is 0 Å². The van der Waals surface area contributed by atoms with Gasteiger partial charge in [0.05, 0.1) is 11.7 Å². The fourth-order valence-electron chi connectivity index (χ4n) is 2.20. The number of hydrogen-bond donors (Lipinski definition) is 2. The molecular formula is C14H20N2O2. The highest BCUT2D eigenvalue weighted by Gasteiger charge is 2.26. The molecule has 98 valence electrons. The first-order valence-electron chi connectivity index (χ1n) is 6.41. The molecule has 0 spiro atoms. The third-order valence-corrected chi connectivity index (χ3v) is 3.05. The quantitative estimate of drug-likeness (QED) is 0.856. The van der Waals surface area contributed by atoms with Gasteiger partial charge in [-0.2, -0.15) is 0 Å². The van der Waals surface area contributed by atoms with E-state index in [0.29, 0.717) is 25.1 Å². The Bertz CT molecular complexity index is 432. The molecule has 1 aliphatic heterocycles. The predicted molar refractivity (Wildman–Crippen MR) is 71.7 cm³/mol. The topological polar surface area (TPSA) is 52.6 Å². The van der Waals surface area contributed by atoms with Crippen molar-refractivity contribution in [1.29, 1.82) is 0 Å². The number of rotatable bonds is 3. The molecule has 4 heteroatoms. The van der Waals surface area contributed by atoms with E-state index in [4.69, 9.17) is 0 Å². The second kappa shape index (κ2) is 5.40. The van der Waals surface area contributed by atoms with Gasteiger partial charge in [-0.05, 0) is 32.4 Å². The second-order valence-electron chi connectivity index (χ2n) is 5.04. The molecule has 0 aliphatic carbocycles. The molecule has 1 aromatic carbocycles. The smallest absolute Gasteiger partial charge is 0.256 e. The van der Waals surface area contributed by atoms with Crippen molar-refractivity contribution in [2.24, 2.45) is 0 Å². The summed E-state index contributed by atoms with van der Waals surface area (Å²) in [6, 6.07) is 7.81. The van der Waals surface area contributed by atoms with E-state index in [2.05, 4.69) is 5.32 Å². The van der Waals surface area contributed by atoms with Gasteiger partial charge in [0.15, 0.2) is 0 Å². The lowest BCUT2D eigenvalue weighted by atomic mass is 10.1. The lowest BCUT2D eigenvalue weighted by Gasteiger charge is -2.19. The maximum Gasteiger partial charge on any atom is 0.256 e. The third-order valence-electron chi connectivity index (χ3n) is 3.05. The molecule has 1 fully saturated rings. The highest BCUT2D eigenvalue weighted by atomic mass is 16.3. The summed E-state index contributed by atoms with van der Waals surface area (Å²) in [5.41, 5.74) is 1.54. The molecule has 1 aliphatic rings. The Kier molecular flexibility index (Phi) is 3.87. The summed E-state index contributed by atoms with van der Waals surface area (Å²) < 4.78 is 0. The van der Waals surface area contributed by atoms with Crippen LogP contribution in [0.5, 0.6) is 0 Å². The minimum Gasteiger partial charge on any atom is -0.391 e. The number of nitrogens with one attached hydrogen (secondary N) is 1. The Labute approximate surface area is 108 Å². The monoisotopic (exact) mass is 248 g/mol. The number of likely N-dealkylation sites (tertiary alicyclic amines) is 1. The molecule has 1 aromatic rings. The highest BCUT2D eigenvalue weighted by Crippen LogP contribution is 2.20. The molecule has 2 N–H and O–H groups in total. The van der Waals surface area contributed by atoms with Crippen LogP contribution in [0.3, 0.4) is 0 Å². The van der Waals surface area contributed by atoms with Crippen LogP contribution in [0.15, 0.2) is 24.3 Å². The summed E-state index contributed by atoms with van der Waals surface area (Å²) >= 11 is 0. The maximum absolute atomic E-state index is 12.4. The minimum atomic E-state index is -0.376. The van der Waals surface area contributed by atoms with Gasteiger partial charge in [0, 0.05) is 24.8 Å². The molecule has 1 saturated heterocycles. The number of hydrogen-bond acceptors (Lipinski definition) is 3. The fraction of sp³-hybridized carbons (Fsp3) is 0.500. The van der Waals surface area contributed by atoms with E-state index in [1.807, 2.05) is 38.1 Å². The molecule has 18 heavy (non-hydrogen) atoms. The van der Waals surface area contributed by atoms with Crippen LogP contribution >= 0.6 is 0 Å². The zero-order valence-corrected chi connectivity index (χ0v) is 10.9.